The predicted octanol–water partition coefficient (Wildman–Crippen LogP) is 6.71. The molecule has 4 aromatic carbocycles. The van der Waals surface area contributed by atoms with Crippen LogP contribution in [0.4, 0.5) is 0 Å². The van der Waals surface area contributed by atoms with E-state index in [2.05, 4.69) is 30.3 Å². The maximum atomic E-state index is 12.9. The van der Waals surface area contributed by atoms with E-state index in [1.807, 2.05) is 36.4 Å². The molecule has 0 saturated heterocycles. The summed E-state index contributed by atoms with van der Waals surface area (Å²) in [5.41, 5.74) is 0. The van der Waals surface area contributed by atoms with Crippen LogP contribution >= 0.6 is 7.82 Å². The van der Waals surface area contributed by atoms with E-state index in [9.17, 15) is 4.57 Å². The smallest absolute Gasteiger partial charge is 0.403 e. The van der Waals surface area contributed by atoms with Crippen LogP contribution < -0.4 is 4.52 Å². The summed E-state index contributed by atoms with van der Waals surface area (Å²) in [6, 6.07) is 22.3. The highest BCUT2D eigenvalue weighted by molar-refractivity contribution is 7.48. The normalized spacial score (nSPS) is 12.1. The van der Waals surface area contributed by atoms with E-state index in [4.69, 9.17) is 13.6 Å². The molecule has 0 bridgehead atoms. The third kappa shape index (κ3) is 3.32. The lowest BCUT2D eigenvalue weighted by Gasteiger charge is -2.19. The Morgan fingerprint density at radius 3 is 2.04 bits per heavy atom. The molecule has 27 heavy (non-hydrogen) atoms. The van der Waals surface area contributed by atoms with Gasteiger partial charge in [0.2, 0.25) is 0 Å². The molecular formula is C22H21O4P. The maximum absolute atomic E-state index is 12.9. The van der Waals surface area contributed by atoms with Gasteiger partial charge in [0.1, 0.15) is 5.75 Å². The Kier molecular flexibility index (Phi) is 4.88. The molecule has 0 unspecified atom stereocenters. The molecule has 0 amide bonds. The van der Waals surface area contributed by atoms with Crippen molar-refractivity contribution in [2.75, 3.05) is 13.2 Å². The minimum Gasteiger partial charge on any atom is -0.403 e. The average molecular weight is 380 g/mol. The van der Waals surface area contributed by atoms with Crippen LogP contribution in [-0.4, -0.2) is 13.2 Å². The number of fused-ring (bicyclic) bond motifs is 5. The minimum atomic E-state index is -3.67. The first-order valence-electron chi connectivity index (χ1n) is 9.07. The van der Waals surface area contributed by atoms with Crippen LogP contribution in [0, 0.1) is 0 Å². The van der Waals surface area contributed by atoms with Crippen molar-refractivity contribution in [2.45, 2.75) is 13.8 Å². The van der Waals surface area contributed by atoms with Crippen molar-refractivity contribution in [1.29, 1.82) is 0 Å². The summed E-state index contributed by atoms with van der Waals surface area (Å²) in [7, 11) is -3.67. The summed E-state index contributed by atoms with van der Waals surface area (Å²) >= 11 is 0. The fourth-order valence-electron chi connectivity index (χ4n) is 3.45. The van der Waals surface area contributed by atoms with Gasteiger partial charge in [-0.1, -0.05) is 60.7 Å². The molecule has 0 aliphatic rings. The van der Waals surface area contributed by atoms with Gasteiger partial charge < -0.3 is 4.52 Å². The number of hydrogen-bond donors (Lipinski definition) is 0. The van der Waals surface area contributed by atoms with Gasteiger partial charge in [-0.15, -0.1) is 0 Å². The molecule has 4 aromatic rings. The third-order valence-electron chi connectivity index (χ3n) is 4.49. The lowest BCUT2D eigenvalue weighted by atomic mass is 9.96. The van der Waals surface area contributed by atoms with Gasteiger partial charge in [-0.2, -0.15) is 0 Å². The van der Waals surface area contributed by atoms with E-state index >= 15 is 0 Å². The molecule has 0 fully saturated rings. The van der Waals surface area contributed by atoms with E-state index in [-0.39, 0.29) is 13.2 Å². The monoisotopic (exact) mass is 380 g/mol. The number of phosphoric ester groups is 1. The standard InChI is InChI=1S/C22H21O4P/c1-3-24-27(23,25-4-2)26-21-15-17-14-13-16-9-5-6-10-18(16)22(17)20-12-8-7-11-19(20)21/h5-15H,3-4H2,1-2H3. The van der Waals surface area contributed by atoms with E-state index in [1.54, 1.807) is 13.8 Å². The van der Waals surface area contributed by atoms with Gasteiger partial charge in [0.05, 0.1) is 13.2 Å². The van der Waals surface area contributed by atoms with Gasteiger partial charge in [-0.05, 0) is 46.8 Å². The van der Waals surface area contributed by atoms with Crippen molar-refractivity contribution in [3.63, 3.8) is 0 Å². The first-order chi connectivity index (χ1) is 13.1. The second-order valence-electron chi connectivity index (χ2n) is 6.18. The molecule has 0 N–H and O–H groups in total. The first kappa shape index (κ1) is 18.0. The first-order valence-corrected chi connectivity index (χ1v) is 10.5. The van der Waals surface area contributed by atoms with Crippen molar-refractivity contribution in [2.24, 2.45) is 0 Å². The molecule has 138 valence electrons. The van der Waals surface area contributed by atoms with Crippen molar-refractivity contribution in [3.05, 3.63) is 66.7 Å². The largest absolute Gasteiger partial charge is 0.530 e. The molecule has 0 saturated carbocycles. The summed E-state index contributed by atoms with van der Waals surface area (Å²) in [5.74, 6) is 0.499. The van der Waals surface area contributed by atoms with Crippen LogP contribution in [0.15, 0.2) is 66.7 Å². The number of hydrogen-bond acceptors (Lipinski definition) is 4. The SMILES string of the molecule is CCOP(=O)(OCC)Oc1cc2ccc3ccccc3c2c2ccccc12. The molecule has 0 aliphatic carbocycles. The van der Waals surface area contributed by atoms with Crippen molar-refractivity contribution < 1.29 is 18.1 Å². The molecular weight excluding hydrogens is 359 g/mol. The number of phosphoric acid groups is 1. The van der Waals surface area contributed by atoms with Crippen LogP contribution in [0.1, 0.15) is 13.8 Å². The number of benzene rings is 4. The molecule has 0 aliphatic heterocycles. The Balaban J connectivity index is 1.99. The highest BCUT2D eigenvalue weighted by atomic mass is 31.2. The zero-order valence-corrected chi connectivity index (χ0v) is 16.2. The molecule has 0 radical (unpaired) electrons. The van der Waals surface area contributed by atoms with E-state index in [1.165, 1.54) is 10.8 Å². The van der Waals surface area contributed by atoms with Crippen molar-refractivity contribution >= 4 is 40.1 Å². The lowest BCUT2D eigenvalue weighted by Crippen LogP contribution is -2.02. The van der Waals surface area contributed by atoms with E-state index < -0.39 is 7.82 Å². The molecule has 4 nitrogen and oxygen atoms in total. The van der Waals surface area contributed by atoms with Crippen LogP contribution in [0.25, 0.3) is 32.3 Å². The zero-order valence-electron chi connectivity index (χ0n) is 15.3. The average Bonchev–Trinajstić information content (AvgIpc) is 2.68. The van der Waals surface area contributed by atoms with Crippen molar-refractivity contribution in [1.82, 2.24) is 0 Å². The molecule has 0 atom stereocenters. The van der Waals surface area contributed by atoms with Gasteiger partial charge >= 0.3 is 7.82 Å². The van der Waals surface area contributed by atoms with Gasteiger partial charge in [-0.25, -0.2) is 4.57 Å². The Labute approximate surface area is 158 Å². The van der Waals surface area contributed by atoms with E-state index in [0.29, 0.717) is 5.75 Å². The Morgan fingerprint density at radius 2 is 1.33 bits per heavy atom. The lowest BCUT2D eigenvalue weighted by molar-refractivity contribution is 0.168. The summed E-state index contributed by atoms with van der Waals surface area (Å²) in [6.07, 6.45) is 0. The minimum absolute atomic E-state index is 0.243. The van der Waals surface area contributed by atoms with E-state index in [0.717, 1.165) is 21.5 Å². The van der Waals surface area contributed by atoms with Gasteiger partial charge in [0, 0.05) is 5.39 Å². The Hall–Kier alpha value is -2.39. The fraction of sp³-hybridized carbons (Fsp3) is 0.182. The highest BCUT2D eigenvalue weighted by Gasteiger charge is 2.28. The quantitative estimate of drug-likeness (QED) is 0.276. The van der Waals surface area contributed by atoms with Crippen LogP contribution in [0.2, 0.25) is 0 Å². The van der Waals surface area contributed by atoms with Crippen molar-refractivity contribution in [3.8, 4) is 5.75 Å². The maximum Gasteiger partial charge on any atom is 0.530 e. The summed E-state index contributed by atoms with van der Waals surface area (Å²) in [4.78, 5) is 0. The second-order valence-corrected chi connectivity index (χ2v) is 7.77. The molecule has 4 rings (SSSR count). The Morgan fingerprint density at radius 1 is 0.741 bits per heavy atom. The fourth-order valence-corrected chi connectivity index (χ4v) is 4.65. The third-order valence-corrected chi connectivity index (χ3v) is 6.06. The second kappa shape index (κ2) is 7.32. The van der Waals surface area contributed by atoms with Crippen LogP contribution in [-0.2, 0) is 13.6 Å². The zero-order chi connectivity index (χ0) is 18.9. The summed E-state index contributed by atoms with van der Waals surface area (Å²) < 4.78 is 29.4. The van der Waals surface area contributed by atoms with Gasteiger partial charge in [-0.3, -0.25) is 9.05 Å². The van der Waals surface area contributed by atoms with Gasteiger partial charge in [0.15, 0.2) is 0 Å². The Bertz CT molecular complexity index is 1160. The summed E-state index contributed by atoms with van der Waals surface area (Å²) in [6.45, 7) is 4.01. The molecule has 0 heterocycles. The topological polar surface area (TPSA) is 44.8 Å². The summed E-state index contributed by atoms with van der Waals surface area (Å²) in [5, 5.41) is 6.44. The molecule has 0 aromatic heterocycles. The number of rotatable bonds is 6. The highest BCUT2D eigenvalue weighted by Crippen LogP contribution is 2.51. The van der Waals surface area contributed by atoms with Crippen LogP contribution in [0.5, 0.6) is 5.75 Å². The molecule has 5 heteroatoms. The predicted molar refractivity (Wildman–Crippen MR) is 110 cm³/mol. The molecule has 0 spiro atoms. The van der Waals surface area contributed by atoms with Gasteiger partial charge in [0.25, 0.3) is 0 Å². The van der Waals surface area contributed by atoms with Crippen LogP contribution in [0.3, 0.4) is 0 Å².